The fraction of sp³-hybridized carbons (Fsp3) is 0.222. The van der Waals surface area contributed by atoms with Crippen LogP contribution in [0.2, 0.25) is 0 Å². The van der Waals surface area contributed by atoms with Gasteiger partial charge in [0.15, 0.2) is 0 Å². The number of hydrogen-bond donors (Lipinski definition) is 2. The first kappa shape index (κ1) is 15.6. The van der Waals surface area contributed by atoms with Gasteiger partial charge in [0, 0.05) is 18.4 Å². The van der Waals surface area contributed by atoms with Gasteiger partial charge in [0.1, 0.15) is 11.6 Å². The number of carbonyl (C=O) groups excluding carboxylic acids is 1. The van der Waals surface area contributed by atoms with Crippen LogP contribution in [0.1, 0.15) is 13.8 Å². The highest BCUT2D eigenvalue weighted by Crippen LogP contribution is 2.18. The zero-order chi connectivity index (χ0) is 15.9. The lowest BCUT2D eigenvalue weighted by Crippen LogP contribution is -2.28. The molecule has 112 valence electrons. The Balaban J connectivity index is 2.10. The molecule has 2 aromatic rings. The number of hydrogen-bond acceptors (Lipinski definition) is 3. The van der Waals surface area contributed by atoms with Crippen LogP contribution < -0.4 is 10.6 Å². The molecule has 0 fully saturated rings. The Bertz CT molecular complexity index is 741. The van der Waals surface area contributed by atoms with E-state index in [0.29, 0.717) is 12.5 Å². The first-order valence-corrected chi connectivity index (χ1v) is 7.24. The lowest BCUT2D eigenvalue weighted by atomic mass is 10.1. The predicted molar refractivity (Wildman–Crippen MR) is 89.1 cm³/mol. The summed E-state index contributed by atoms with van der Waals surface area (Å²) in [6, 6.07) is 15.8. The third kappa shape index (κ3) is 4.10. The Labute approximate surface area is 130 Å². The highest BCUT2D eigenvalue weighted by Gasteiger charge is 2.08. The van der Waals surface area contributed by atoms with Crippen molar-refractivity contribution in [2.45, 2.75) is 13.8 Å². The summed E-state index contributed by atoms with van der Waals surface area (Å²) in [7, 11) is 0. The molecule has 0 saturated carbocycles. The summed E-state index contributed by atoms with van der Waals surface area (Å²) in [5.74, 6) is -0.0122. The molecule has 0 aliphatic carbocycles. The van der Waals surface area contributed by atoms with Gasteiger partial charge in [-0.15, -0.1) is 0 Å². The van der Waals surface area contributed by atoms with E-state index in [0.717, 1.165) is 16.5 Å². The van der Waals surface area contributed by atoms with Gasteiger partial charge >= 0.3 is 0 Å². The summed E-state index contributed by atoms with van der Waals surface area (Å²) < 4.78 is 0. The second-order valence-corrected chi connectivity index (χ2v) is 5.48. The number of amides is 1. The van der Waals surface area contributed by atoms with E-state index in [-0.39, 0.29) is 11.5 Å². The maximum absolute atomic E-state index is 11.9. The summed E-state index contributed by atoms with van der Waals surface area (Å²) in [5.41, 5.74) is 0.900. The van der Waals surface area contributed by atoms with Gasteiger partial charge in [0.25, 0.3) is 5.91 Å². The Kier molecular flexibility index (Phi) is 5.16. The van der Waals surface area contributed by atoms with E-state index in [4.69, 9.17) is 5.26 Å². The zero-order valence-electron chi connectivity index (χ0n) is 12.8. The van der Waals surface area contributed by atoms with Crippen LogP contribution in [-0.4, -0.2) is 12.5 Å². The summed E-state index contributed by atoms with van der Waals surface area (Å²) in [5, 5.41) is 17.1. The van der Waals surface area contributed by atoms with Crippen LogP contribution >= 0.6 is 0 Å². The third-order valence-electron chi connectivity index (χ3n) is 3.17. The maximum Gasteiger partial charge on any atom is 0.263 e. The van der Waals surface area contributed by atoms with E-state index in [1.165, 1.54) is 6.20 Å². The van der Waals surface area contributed by atoms with E-state index in [2.05, 4.69) is 10.6 Å². The third-order valence-corrected chi connectivity index (χ3v) is 3.17. The monoisotopic (exact) mass is 293 g/mol. The molecule has 0 unspecified atom stereocenters. The molecule has 22 heavy (non-hydrogen) atoms. The fourth-order valence-corrected chi connectivity index (χ4v) is 1.98. The number of nitrogens with one attached hydrogen (secondary N) is 2. The van der Waals surface area contributed by atoms with Crippen molar-refractivity contribution >= 4 is 22.4 Å². The minimum absolute atomic E-state index is 0.0637. The molecule has 0 heterocycles. The molecule has 0 atom stereocenters. The van der Waals surface area contributed by atoms with Gasteiger partial charge in [-0.05, 0) is 28.8 Å². The standard InChI is InChI=1S/C18H19N3O/c1-13(2)11-21-18(22)16(10-19)12-20-17-8-7-14-5-3-4-6-15(14)9-17/h3-9,12-13,20H,11H2,1-2H3,(H,21,22)/b16-12-. The smallest absolute Gasteiger partial charge is 0.263 e. The topological polar surface area (TPSA) is 64.9 Å². The number of carbonyl (C=O) groups is 1. The minimum Gasteiger partial charge on any atom is -0.360 e. The SMILES string of the molecule is CC(C)CNC(=O)/C(C#N)=C\Nc1ccc2ccccc2c1. The molecule has 0 saturated heterocycles. The van der Waals surface area contributed by atoms with E-state index >= 15 is 0 Å². The molecule has 0 aliphatic rings. The van der Waals surface area contributed by atoms with Gasteiger partial charge in [0.05, 0.1) is 0 Å². The highest BCUT2D eigenvalue weighted by atomic mass is 16.1. The van der Waals surface area contributed by atoms with Crippen LogP contribution in [0.25, 0.3) is 10.8 Å². The van der Waals surface area contributed by atoms with Crippen LogP contribution in [0.4, 0.5) is 5.69 Å². The lowest BCUT2D eigenvalue weighted by Gasteiger charge is -2.07. The molecule has 4 heteroatoms. The molecular weight excluding hydrogens is 274 g/mol. The maximum atomic E-state index is 11.9. The summed E-state index contributed by atoms with van der Waals surface area (Å²) >= 11 is 0. The Morgan fingerprint density at radius 3 is 2.64 bits per heavy atom. The van der Waals surface area contributed by atoms with E-state index in [9.17, 15) is 4.79 Å². The second-order valence-electron chi connectivity index (χ2n) is 5.48. The van der Waals surface area contributed by atoms with Crippen molar-refractivity contribution in [2.75, 3.05) is 11.9 Å². The van der Waals surface area contributed by atoms with Crippen LogP contribution in [0.15, 0.2) is 54.2 Å². The van der Waals surface area contributed by atoms with Crippen molar-refractivity contribution in [2.24, 2.45) is 5.92 Å². The molecule has 1 amide bonds. The summed E-state index contributed by atoms with van der Waals surface area (Å²) in [4.78, 5) is 11.9. The average molecular weight is 293 g/mol. The summed E-state index contributed by atoms with van der Waals surface area (Å²) in [6.45, 7) is 4.56. The molecule has 0 aromatic heterocycles. The fourth-order valence-electron chi connectivity index (χ4n) is 1.98. The average Bonchev–Trinajstić information content (AvgIpc) is 2.53. The molecule has 2 aromatic carbocycles. The second kappa shape index (κ2) is 7.28. The Hall–Kier alpha value is -2.80. The number of nitrogens with zero attached hydrogens (tertiary/aromatic N) is 1. The lowest BCUT2D eigenvalue weighted by molar-refractivity contribution is -0.117. The first-order valence-electron chi connectivity index (χ1n) is 7.24. The molecule has 4 nitrogen and oxygen atoms in total. The molecule has 0 bridgehead atoms. The molecular formula is C18H19N3O. The van der Waals surface area contributed by atoms with Gasteiger partial charge in [-0.2, -0.15) is 5.26 Å². The summed E-state index contributed by atoms with van der Waals surface area (Å²) in [6.07, 6.45) is 1.44. The van der Waals surface area contributed by atoms with Crippen LogP contribution in [-0.2, 0) is 4.79 Å². The van der Waals surface area contributed by atoms with Crippen molar-refractivity contribution in [1.82, 2.24) is 5.32 Å². The van der Waals surface area contributed by atoms with Gasteiger partial charge in [0.2, 0.25) is 0 Å². The molecule has 0 radical (unpaired) electrons. The normalized spacial score (nSPS) is 11.3. The van der Waals surface area contributed by atoms with Crippen LogP contribution in [0, 0.1) is 17.2 Å². The van der Waals surface area contributed by atoms with Crippen molar-refractivity contribution < 1.29 is 4.79 Å². The van der Waals surface area contributed by atoms with Crippen molar-refractivity contribution in [1.29, 1.82) is 5.26 Å². The Morgan fingerprint density at radius 1 is 1.23 bits per heavy atom. The van der Waals surface area contributed by atoms with Gasteiger partial charge in [-0.25, -0.2) is 0 Å². The van der Waals surface area contributed by atoms with Crippen molar-refractivity contribution in [3.05, 3.63) is 54.2 Å². The van der Waals surface area contributed by atoms with Gasteiger partial charge in [-0.1, -0.05) is 44.2 Å². The van der Waals surface area contributed by atoms with Gasteiger partial charge in [-0.3, -0.25) is 4.79 Å². The van der Waals surface area contributed by atoms with E-state index in [1.807, 2.05) is 62.4 Å². The van der Waals surface area contributed by atoms with Crippen LogP contribution in [0.5, 0.6) is 0 Å². The number of anilines is 1. The van der Waals surface area contributed by atoms with Crippen molar-refractivity contribution in [3.8, 4) is 6.07 Å². The first-order chi connectivity index (χ1) is 10.6. The number of rotatable bonds is 5. The predicted octanol–water partition coefficient (Wildman–Crippen LogP) is 3.43. The van der Waals surface area contributed by atoms with Crippen LogP contribution in [0.3, 0.4) is 0 Å². The van der Waals surface area contributed by atoms with Gasteiger partial charge < -0.3 is 10.6 Å². The minimum atomic E-state index is -0.357. The number of fused-ring (bicyclic) bond motifs is 1. The molecule has 2 N–H and O–H groups in total. The number of benzene rings is 2. The largest absolute Gasteiger partial charge is 0.360 e. The zero-order valence-corrected chi connectivity index (χ0v) is 12.8. The quantitative estimate of drug-likeness (QED) is 0.655. The molecule has 0 aliphatic heterocycles. The van der Waals surface area contributed by atoms with Crippen molar-refractivity contribution in [3.63, 3.8) is 0 Å². The van der Waals surface area contributed by atoms with E-state index in [1.54, 1.807) is 0 Å². The Morgan fingerprint density at radius 2 is 1.95 bits per heavy atom. The highest BCUT2D eigenvalue weighted by molar-refractivity contribution is 5.97. The molecule has 2 rings (SSSR count). The number of nitriles is 1. The van der Waals surface area contributed by atoms with E-state index < -0.39 is 0 Å². The molecule has 0 spiro atoms.